The number of hydrogen-bond acceptors (Lipinski definition) is 7. The van der Waals surface area contributed by atoms with Crippen molar-refractivity contribution in [2.45, 2.75) is 32.7 Å². The van der Waals surface area contributed by atoms with E-state index in [1.807, 2.05) is 19.1 Å². The van der Waals surface area contributed by atoms with Crippen LogP contribution in [0.3, 0.4) is 0 Å². The van der Waals surface area contributed by atoms with E-state index in [0.717, 1.165) is 35.7 Å². The average molecular weight is 502 g/mol. The highest BCUT2D eigenvalue weighted by Gasteiger charge is 2.28. The van der Waals surface area contributed by atoms with Gasteiger partial charge in [0.25, 0.3) is 11.8 Å². The van der Waals surface area contributed by atoms with Gasteiger partial charge < -0.3 is 20.0 Å². The van der Waals surface area contributed by atoms with E-state index in [-0.39, 0.29) is 27.7 Å². The molecule has 4 rings (SSSR count). The molecule has 2 N–H and O–H groups in total. The lowest BCUT2D eigenvalue weighted by Crippen LogP contribution is -2.39. The van der Waals surface area contributed by atoms with Crippen molar-refractivity contribution in [3.8, 4) is 0 Å². The minimum Gasteiger partial charge on any atom is -0.465 e. The van der Waals surface area contributed by atoms with Crippen molar-refractivity contribution in [2.75, 3.05) is 18.4 Å². The largest absolute Gasteiger partial charge is 0.465 e. The molecule has 1 fully saturated rings. The summed E-state index contributed by atoms with van der Waals surface area (Å²) in [5, 5.41) is 14.2. The predicted molar refractivity (Wildman–Crippen MR) is 128 cm³/mol. The fourth-order valence-electron chi connectivity index (χ4n) is 3.69. The second-order valence-electron chi connectivity index (χ2n) is 8.10. The Labute approximate surface area is 205 Å². The number of hydrogen-bond donors (Lipinski definition) is 2. The number of likely N-dealkylation sites (tertiary alicyclic amines) is 1. The van der Waals surface area contributed by atoms with Crippen molar-refractivity contribution in [3.05, 3.63) is 63.0 Å². The van der Waals surface area contributed by atoms with Gasteiger partial charge in [-0.25, -0.2) is 0 Å². The molecule has 0 saturated carbocycles. The van der Waals surface area contributed by atoms with E-state index in [4.69, 9.17) is 16.0 Å². The Kier molecular flexibility index (Phi) is 7.59. The molecule has 1 aliphatic rings. The minimum atomic E-state index is -0.437. The number of piperidine rings is 1. The third-order valence-electron chi connectivity index (χ3n) is 5.54. The van der Waals surface area contributed by atoms with Crippen LogP contribution in [-0.2, 0) is 11.3 Å². The smallest absolute Gasteiger partial charge is 0.286 e. The zero-order valence-electron chi connectivity index (χ0n) is 18.5. The second kappa shape index (κ2) is 10.8. The monoisotopic (exact) mass is 501 g/mol. The second-order valence-corrected chi connectivity index (χ2v) is 9.52. The summed E-state index contributed by atoms with van der Waals surface area (Å²) in [7, 11) is 0. The molecule has 1 aromatic carbocycles. The topological polar surface area (TPSA) is 117 Å². The van der Waals surface area contributed by atoms with Crippen LogP contribution >= 0.6 is 22.9 Å². The molecule has 0 unspecified atom stereocenters. The number of benzene rings is 1. The first-order valence-electron chi connectivity index (χ1n) is 10.9. The lowest BCUT2D eigenvalue weighted by Gasteiger charge is -2.31. The van der Waals surface area contributed by atoms with Gasteiger partial charge in [0, 0.05) is 30.2 Å². The normalized spacial score (nSPS) is 14.1. The molecule has 0 spiro atoms. The van der Waals surface area contributed by atoms with Gasteiger partial charge >= 0.3 is 0 Å². The molecule has 1 saturated heterocycles. The van der Waals surface area contributed by atoms with Crippen molar-refractivity contribution in [3.63, 3.8) is 0 Å². The van der Waals surface area contributed by atoms with Crippen LogP contribution in [0, 0.1) is 12.8 Å². The summed E-state index contributed by atoms with van der Waals surface area (Å²) in [6.45, 7) is 3.29. The quantitative estimate of drug-likeness (QED) is 0.507. The zero-order chi connectivity index (χ0) is 24.1. The molecule has 3 heterocycles. The Morgan fingerprint density at radius 1 is 1.09 bits per heavy atom. The van der Waals surface area contributed by atoms with E-state index < -0.39 is 5.91 Å². The van der Waals surface area contributed by atoms with Crippen LogP contribution in [0.1, 0.15) is 50.4 Å². The molecular formula is C23H24ClN5O4S. The average Bonchev–Trinajstić information content (AvgIpc) is 3.49. The first-order chi connectivity index (χ1) is 16.4. The highest BCUT2D eigenvalue weighted by Crippen LogP contribution is 2.23. The van der Waals surface area contributed by atoms with Crippen LogP contribution in [-0.4, -0.2) is 45.9 Å². The molecule has 0 radical (unpaired) electrons. The van der Waals surface area contributed by atoms with Gasteiger partial charge in [0.05, 0.1) is 6.54 Å². The maximum Gasteiger partial charge on any atom is 0.286 e. The number of aromatic nitrogens is 2. The van der Waals surface area contributed by atoms with Gasteiger partial charge in [-0.1, -0.05) is 22.9 Å². The van der Waals surface area contributed by atoms with Crippen molar-refractivity contribution in [1.82, 2.24) is 20.4 Å². The Bertz CT molecular complexity index is 1170. The number of amides is 3. The van der Waals surface area contributed by atoms with Gasteiger partial charge in [0.15, 0.2) is 0 Å². The van der Waals surface area contributed by atoms with Crippen LogP contribution < -0.4 is 10.6 Å². The third-order valence-corrected chi connectivity index (χ3v) is 6.70. The molecule has 0 bridgehead atoms. The van der Waals surface area contributed by atoms with Crippen molar-refractivity contribution >= 4 is 46.3 Å². The Morgan fingerprint density at radius 2 is 1.79 bits per heavy atom. The van der Waals surface area contributed by atoms with Crippen molar-refractivity contribution in [1.29, 1.82) is 0 Å². The summed E-state index contributed by atoms with van der Waals surface area (Å²) >= 11 is 6.81. The molecule has 3 aromatic rings. The van der Waals surface area contributed by atoms with Crippen LogP contribution in [0.5, 0.6) is 0 Å². The minimum absolute atomic E-state index is 0.0284. The first-order valence-corrected chi connectivity index (χ1v) is 12.1. The van der Waals surface area contributed by atoms with E-state index in [9.17, 15) is 14.4 Å². The summed E-state index contributed by atoms with van der Waals surface area (Å²) in [5.74, 6) is 1.03. The first kappa shape index (κ1) is 23.9. The Hall–Kier alpha value is -3.24. The number of anilines is 1. The van der Waals surface area contributed by atoms with Crippen LogP contribution in [0.25, 0.3) is 0 Å². The standard InChI is InChI=1S/C23H24ClN5O4S/c1-14-2-7-18(33-14)13-25-19(30)12-15-8-10-29(11-9-15)23(32)22-28-27-21(34-22)20(31)26-17-5-3-16(24)4-6-17/h2-7,15H,8-13H2,1H3,(H,25,30)(H,26,31). The SMILES string of the molecule is Cc1ccc(CNC(=O)CC2CCN(C(=O)c3nnc(C(=O)Nc4ccc(Cl)cc4)s3)CC2)o1. The molecule has 0 atom stereocenters. The third kappa shape index (κ3) is 6.21. The molecule has 178 valence electrons. The van der Waals surface area contributed by atoms with Gasteiger partial charge in [-0.15, -0.1) is 10.2 Å². The van der Waals surface area contributed by atoms with E-state index in [0.29, 0.717) is 36.8 Å². The number of carbonyl (C=O) groups is 3. The number of carbonyl (C=O) groups excluding carboxylic acids is 3. The predicted octanol–water partition coefficient (Wildman–Crippen LogP) is 3.90. The summed E-state index contributed by atoms with van der Waals surface area (Å²) < 4.78 is 5.46. The molecule has 3 amide bonds. The molecular weight excluding hydrogens is 478 g/mol. The van der Waals surface area contributed by atoms with Gasteiger partial charge in [-0.2, -0.15) is 0 Å². The van der Waals surface area contributed by atoms with E-state index in [1.54, 1.807) is 29.2 Å². The van der Waals surface area contributed by atoms with E-state index in [1.165, 1.54) is 0 Å². The van der Waals surface area contributed by atoms with Gasteiger partial charge in [-0.3, -0.25) is 14.4 Å². The van der Waals surface area contributed by atoms with Crippen molar-refractivity contribution < 1.29 is 18.8 Å². The van der Waals surface area contributed by atoms with Gasteiger partial charge in [-0.05, 0) is 62.1 Å². The Morgan fingerprint density at radius 3 is 2.47 bits per heavy atom. The van der Waals surface area contributed by atoms with E-state index in [2.05, 4.69) is 20.8 Å². The lowest BCUT2D eigenvalue weighted by molar-refractivity contribution is -0.122. The molecule has 2 aromatic heterocycles. The molecule has 0 aliphatic carbocycles. The van der Waals surface area contributed by atoms with Gasteiger partial charge in [0.2, 0.25) is 15.9 Å². The van der Waals surface area contributed by atoms with Gasteiger partial charge in [0.1, 0.15) is 11.5 Å². The molecule has 11 heteroatoms. The molecule has 34 heavy (non-hydrogen) atoms. The number of rotatable bonds is 7. The maximum absolute atomic E-state index is 12.8. The van der Waals surface area contributed by atoms with E-state index >= 15 is 0 Å². The lowest BCUT2D eigenvalue weighted by atomic mass is 9.93. The zero-order valence-corrected chi connectivity index (χ0v) is 20.1. The summed E-state index contributed by atoms with van der Waals surface area (Å²) in [4.78, 5) is 39.2. The molecule has 9 nitrogen and oxygen atoms in total. The highest BCUT2D eigenvalue weighted by atomic mass is 35.5. The number of nitrogens with zero attached hydrogens (tertiary/aromatic N) is 3. The fourth-order valence-corrected chi connectivity index (χ4v) is 4.53. The maximum atomic E-state index is 12.8. The van der Waals surface area contributed by atoms with Crippen LogP contribution in [0.2, 0.25) is 5.02 Å². The number of furan rings is 1. The summed E-state index contributed by atoms with van der Waals surface area (Å²) in [5.41, 5.74) is 0.572. The highest BCUT2D eigenvalue weighted by molar-refractivity contribution is 7.15. The van der Waals surface area contributed by atoms with Crippen molar-refractivity contribution in [2.24, 2.45) is 5.92 Å². The molecule has 1 aliphatic heterocycles. The fraction of sp³-hybridized carbons (Fsp3) is 0.348. The van der Waals surface area contributed by atoms with Crippen LogP contribution in [0.4, 0.5) is 5.69 Å². The summed E-state index contributed by atoms with van der Waals surface area (Å²) in [6.07, 6.45) is 1.86. The van der Waals surface area contributed by atoms with Crippen LogP contribution in [0.15, 0.2) is 40.8 Å². The number of aryl methyl sites for hydroxylation is 1. The summed E-state index contributed by atoms with van der Waals surface area (Å²) in [6, 6.07) is 10.4. The Balaban J connectivity index is 1.23. The number of halogens is 1. The number of nitrogens with one attached hydrogen (secondary N) is 2.